The first-order chi connectivity index (χ1) is 12.1. The number of amides is 1. The fourth-order valence-corrected chi connectivity index (χ4v) is 5.51. The third-order valence-corrected chi connectivity index (χ3v) is 7.01. The lowest BCUT2D eigenvalue weighted by Crippen LogP contribution is -2.48. The minimum Gasteiger partial charge on any atom is -0.361 e. The van der Waals surface area contributed by atoms with Gasteiger partial charge in [0.15, 0.2) is 0 Å². The third kappa shape index (κ3) is 2.61. The molecule has 1 aromatic rings. The van der Waals surface area contributed by atoms with Crippen LogP contribution in [0.5, 0.6) is 0 Å². The number of hydrogen-bond donors (Lipinski definition) is 1. The highest BCUT2D eigenvalue weighted by Crippen LogP contribution is 2.50. The minimum absolute atomic E-state index is 0.316. The summed E-state index contributed by atoms with van der Waals surface area (Å²) in [6.07, 6.45) is 2.42. The predicted octanol–water partition coefficient (Wildman–Crippen LogP) is 1.18. The zero-order valence-corrected chi connectivity index (χ0v) is 15.2. The molecule has 4 unspecified atom stereocenters. The summed E-state index contributed by atoms with van der Waals surface area (Å²) in [5.74, 6) is 3.54. The molecule has 6 rings (SSSR count). The van der Waals surface area contributed by atoms with E-state index in [4.69, 9.17) is 4.52 Å². The molecule has 5 aliphatic rings. The van der Waals surface area contributed by atoms with Crippen LogP contribution in [-0.2, 0) is 11.3 Å². The van der Waals surface area contributed by atoms with E-state index in [-0.39, 0.29) is 0 Å². The monoisotopic (exact) mass is 344 g/mol. The van der Waals surface area contributed by atoms with Gasteiger partial charge in [0.2, 0.25) is 5.91 Å². The normalized spacial score (nSPS) is 37.2. The number of fused-ring (bicyclic) bond motifs is 5. The minimum atomic E-state index is 0.316. The van der Waals surface area contributed by atoms with E-state index in [1.54, 1.807) is 0 Å². The summed E-state index contributed by atoms with van der Waals surface area (Å²) >= 11 is 0. The van der Waals surface area contributed by atoms with E-state index >= 15 is 0 Å². The van der Waals surface area contributed by atoms with Crippen LogP contribution in [0.3, 0.4) is 0 Å². The van der Waals surface area contributed by atoms with Gasteiger partial charge in [0.25, 0.3) is 0 Å². The van der Waals surface area contributed by atoms with Crippen molar-refractivity contribution in [3.8, 4) is 0 Å². The van der Waals surface area contributed by atoms with E-state index in [9.17, 15) is 4.79 Å². The second-order valence-corrected chi connectivity index (χ2v) is 8.60. The Hall–Kier alpha value is -1.40. The maximum atomic E-state index is 13.1. The third-order valence-electron chi connectivity index (χ3n) is 7.01. The van der Waals surface area contributed by atoms with E-state index in [1.165, 1.54) is 12.0 Å². The number of nitrogens with zero attached hydrogens (tertiary/aromatic N) is 3. The Balaban J connectivity index is 1.30. The predicted molar refractivity (Wildman–Crippen MR) is 92.8 cm³/mol. The number of piperidine rings is 2. The van der Waals surface area contributed by atoms with Crippen LogP contribution in [0, 0.1) is 37.5 Å². The highest BCUT2D eigenvalue weighted by molar-refractivity contribution is 5.83. The molecular weight excluding hydrogens is 316 g/mol. The van der Waals surface area contributed by atoms with Gasteiger partial charge >= 0.3 is 0 Å². The maximum Gasteiger partial charge on any atom is 0.226 e. The summed E-state index contributed by atoms with van der Waals surface area (Å²) in [6, 6.07) is 0.390. The van der Waals surface area contributed by atoms with Crippen LogP contribution in [-0.4, -0.2) is 59.6 Å². The molecule has 0 aromatic carbocycles. The molecule has 1 N–H and O–H groups in total. The Labute approximate surface area is 148 Å². The number of carbonyl (C=O) groups excluding carboxylic acids is 1. The first-order valence-corrected chi connectivity index (χ1v) is 9.77. The first kappa shape index (κ1) is 15.8. The van der Waals surface area contributed by atoms with Gasteiger partial charge in [0, 0.05) is 43.7 Å². The van der Waals surface area contributed by atoms with E-state index in [0.29, 0.717) is 35.6 Å². The lowest BCUT2D eigenvalue weighted by molar-refractivity contribution is -0.137. The van der Waals surface area contributed by atoms with Crippen LogP contribution >= 0.6 is 0 Å². The smallest absolute Gasteiger partial charge is 0.226 e. The Kier molecular flexibility index (Phi) is 3.68. The molecule has 4 saturated heterocycles. The highest BCUT2D eigenvalue weighted by Gasteiger charge is 2.58. The van der Waals surface area contributed by atoms with Gasteiger partial charge in [-0.3, -0.25) is 9.69 Å². The molecule has 136 valence electrons. The molecule has 0 radical (unpaired) electrons. The number of carbonyl (C=O) groups is 1. The van der Waals surface area contributed by atoms with Crippen molar-refractivity contribution in [2.45, 2.75) is 39.3 Å². The molecule has 25 heavy (non-hydrogen) atoms. The Morgan fingerprint density at radius 3 is 2.72 bits per heavy atom. The molecule has 4 atom stereocenters. The molecule has 1 aliphatic carbocycles. The Morgan fingerprint density at radius 2 is 2.00 bits per heavy atom. The molecule has 1 amide bonds. The summed E-state index contributed by atoms with van der Waals surface area (Å²) in [5.41, 5.74) is 2.22. The average Bonchev–Trinajstić information content (AvgIpc) is 3.10. The number of rotatable bonds is 3. The van der Waals surface area contributed by atoms with Crippen LogP contribution in [0.4, 0.5) is 0 Å². The molecule has 5 fully saturated rings. The Morgan fingerprint density at radius 1 is 1.20 bits per heavy atom. The van der Waals surface area contributed by atoms with Crippen LogP contribution in [0.1, 0.15) is 29.9 Å². The molecule has 1 aromatic heterocycles. The topological polar surface area (TPSA) is 61.6 Å². The molecule has 5 heterocycles. The van der Waals surface area contributed by atoms with Gasteiger partial charge in [-0.15, -0.1) is 0 Å². The first-order valence-electron chi connectivity index (χ1n) is 9.77. The molecule has 2 bridgehead atoms. The highest BCUT2D eigenvalue weighted by atomic mass is 16.5. The molecule has 1 saturated carbocycles. The fourth-order valence-electron chi connectivity index (χ4n) is 5.51. The fraction of sp³-hybridized carbons (Fsp3) is 0.789. The largest absolute Gasteiger partial charge is 0.361 e. The van der Waals surface area contributed by atoms with Crippen molar-refractivity contribution < 1.29 is 9.32 Å². The zero-order valence-electron chi connectivity index (χ0n) is 15.2. The summed E-state index contributed by atoms with van der Waals surface area (Å²) < 4.78 is 5.33. The lowest BCUT2D eigenvalue weighted by atomic mass is 9.94. The molecule has 0 spiro atoms. The number of aryl methyl sites for hydroxylation is 2. The second-order valence-electron chi connectivity index (χ2n) is 8.60. The van der Waals surface area contributed by atoms with Crippen molar-refractivity contribution in [2.75, 3.05) is 32.7 Å². The molecule has 6 heteroatoms. The van der Waals surface area contributed by atoms with Crippen molar-refractivity contribution in [1.82, 2.24) is 20.3 Å². The van der Waals surface area contributed by atoms with Crippen molar-refractivity contribution >= 4 is 5.91 Å². The summed E-state index contributed by atoms with van der Waals surface area (Å²) in [7, 11) is 0. The SMILES string of the molecule is Cc1noc(C)c1CN1CC2CCC(C1)N(C(=O)C1C3CNCC31)C2. The van der Waals surface area contributed by atoms with Crippen LogP contribution in [0.15, 0.2) is 4.52 Å². The van der Waals surface area contributed by atoms with Crippen molar-refractivity contribution in [2.24, 2.45) is 23.7 Å². The molecule has 4 aliphatic heterocycles. The van der Waals surface area contributed by atoms with E-state index in [1.807, 2.05) is 13.8 Å². The van der Waals surface area contributed by atoms with Gasteiger partial charge < -0.3 is 14.7 Å². The van der Waals surface area contributed by atoms with Crippen molar-refractivity contribution in [1.29, 1.82) is 0 Å². The van der Waals surface area contributed by atoms with E-state index in [0.717, 1.165) is 57.1 Å². The van der Waals surface area contributed by atoms with Crippen LogP contribution in [0.25, 0.3) is 0 Å². The summed E-state index contributed by atoms with van der Waals surface area (Å²) in [6.45, 7) is 10.0. The standard InChI is InChI=1S/C19H28N4O2/c1-11-17(12(2)25-21-11)10-22-7-13-3-4-14(9-22)23(8-13)19(24)18-15-5-20-6-16(15)18/h13-16,18,20H,3-10H2,1-2H3. The van der Waals surface area contributed by atoms with Gasteiger partial charge in [0.1, 0.15) is 5.76 Å². The van der Waals surface area contributed by atoms with Crippen LogP contribution in [0.2, 0.25) is 0 Å². The van der Waals surface area contributed by atoms with E-state index in [2.05, 4.69) is 20.3 Å². The Bertz CT molecular complexity index is 657. The quantitative estimate of drug-likeness (QED) is 0.892. The average molecular weight is 344 g/mol. The lowest BCUT2D eigenvalue weighted by Gasteiger charge is -2.36. The molecular formula is C19H28N4O2. The molecule has 6 nitrogen and oxygen atoms in total. The van der Waals surface area contributed by atoms with Gasteiger partial charge in [-0.05, 0) is 57.5 Å². The summed E-state index contributed by atoms with van der Waals surface area (Å²) in [5, 5.41) is 7.50. The van der Waals surface area contributed by atoms with Gasteiger partial charge in [-0.2, -0.15) is 0 Å². The van der Waals surface area contributed by atoms with Gasteiger partial charge in [-0.25, -0.2) is 0 Å². The number of aromatic nitrogens is 1. The van der Waals surface area contributed by atoms with Crippen LogP contribution < -0.4 is 5.32 Å². The number of hydrogen-bond acceptors (Lipinski definition) is 5. The number of nitrogens with one attached hydrogen (secondary N) is 1. The van der Waals surface area contributed by atoms with E-state index < -0.39 is 0 Å². The maximum absolute atomic E-state index is 13.1. The van der Waals surface area contributed by atoms with Gasteiger partial charge in [-0.1, -0.05) is 5.16 Å². The van der Waals surface area contributed by atoms with Crippen molar-refractivity contribution in [3.05, 3.63) is 17.0 Å². The van der Waals surface area contributed by atoms with Crippen molar-refractivity contribution in [3.63, 3.8) is 0 Å². The second kappa shape index (κ2) is 5.81. The summed E-state index contributed by atoms with van der Waals surface area (Å²) in [4.78, 5) is 17.9. The zero-order chi connectivity index (χ0) is 17.1. The van der Waals surface area contributed by atoms with Gasteiger partial charge in [0.05, 0.1) is 5.69 Å².